The van der Waals surface area contributed by atoms with Gasteiger partial charge in [0.05, 0.1) is 5.56 Å². The van der Waals surface area contributed by atoms with Crippen LogP contribution in [0.4, 0.5) is 0 Å². The zero-order chi connectivity index (χ0) is 18.4. The summed E-state index contributed by atoms with van der Waals surface area (Å²) in [5, 5.41) is 0.964. The van der Waals surface area contributed by atoms with E-state index in [1.807, 2.05) is 54.2 Å². The minimum Gasteiger partial charge on any atom is -0.422 e. The number of rotatable bonds is 8. The quantitative estimate of drug-likeness (QED) is 0.325. The van der Waals surface area contributed by atoms with Gasteiger partial charge in [0.25, 0.3) is 0 Å². The number of benzene rings is 2. The molecule has 0 aliphatic heterocycles. The van der Waals surface area contributed by atoms with E-state index in [1.165, 1.54) is 30.6 Å². The standard InChI is InChI=1S/C23H26O2S/c1-3-5-9-17(4-2)16-26-20-13-12-19-14-21(18-10-7-6-8-11-18)23(24)25-22(19)15-20/h6-8,10-15,17H,3-5,9,16H2,1-2H3. The number of unbranched alkanes of at least 4 members (excludes halogenated alkanes) is 1. The first-order chi connectivity index (χ1) is 12.7. The lowest BCUT2D eigenvalue weighted by atomic mass is 10.0. The van der Waals surface area contributed by atoms with Gasteiger partial charge in [-0.05, 0) is 36.1 Å². The van der Waals surface area contributed by atoms with E-state index in [9.17, 15) is 4.79 Å². The highest BCUT2D eigenvalue weighted by atomic mass is 32.2. The molecular weight excluding hydrogens is 340 g/mol. The van der Waals surface area contributed by atoms with Crippen LogP contribution in [0.3, 0.4) is 0 Å². The van der Waals surface area contributed by atoms with Gasteiger partial charge in [0.2, 0.25) is 0 Å². The van der Waals surface area contributed by atoms with Crippen molar-refractivity contribution in [2.24, 2.45) is 5.92 Å². The largest absolute Gasteiger partial charge is 0.422 e. The second-order valence-electron chi connectivity index (χ2n) is 6.74. The third kappa shape index (κ3) is 4.59. The normalized spacial score (nSPS) is 12.4. The molecule has 26 heavy (non-hydrogen) atoms. The van der Waals surface area contributed by atoms with E-state index < -0.39 is 0 Å². The Morgan fingerprint density at radius 1 is 1.04 bits per heavy atom. The highest BCUT2D eigenvalue weighted by Gasteiger charge is 2.10. The number of thioether (sulfide) groups is 1. The van der Waals surface area contributed by atoms with Crippen LogP contribution in [0.2, 0.25) is 0 Å². The fourth-order valence-corrected chi connectivity index (χ4v) is 4.30. The lowest BCUT2D eigenvalue weighted by molar-refractivity contribution is 0.499. The Balaban J connectivity index is 1.80. The number of fused-ring (bicyclic) bond motifs is 1. The summed E-state index contributed by atoms with van der Waals surface area (Å²) in [6, 6.07) is 17.8. The molecule has 3 heteroatoms. The molecule has 2 nitrogen and oxygen atoms in total. The molecule has 136 valence electrons. The molecule has 0 amide bonds. The molecule has 1 atom stereocenters. The highest BCUT2D eigenvalue weighted by Crippen LogP contribution is 2.28. The van der Waals surface area contributed by atoms with Gasteiger partial charge >= 0.3 is 5.63 Å². The molecule has 0 saturated carbocycles. The Morgan fingerprint density at radius 2 is 1.85 bits per heavy atom. The SMILES string of the molecule is CCCCC(CC)CSc1ccc2cc(-c3ccccc3)c(=O)oc2c1. The predicted molar refractivity (Wildman–Crippen MR) is 112 cm³/mol. The van der Waals surface area contributed by atoms with Crippen LogP contribution in [0, 0.1) is 5.92 Å². The molecule has 0 aliphatic carbocycles. The Morgan fingerprint density at radius 3 is 2.58 bits per heavy atom. The summed E-state index contributed by atoms with van der Waals surface area (Å²) in [7, 11) is 0. The van der Waals surface area contributed by atoms with Crippen LogP contribution in [0.25, 0.3) is 22.1 Å². The lowest BCUT2D eigenvalue weighted by Gasteiger charge is -2.13. The second-order valence-corrected chi connectivity index (χ2v) is 7.83. The van der Waals surface area contributed by atoms with Crippen molar-refractivity contribution in [3.63, 3.8) is 0 Å². The predicted octanol–water partition coefficient (Wildman–Crippen LogP) is 6.77. The summed E-state index contributed by atoms with van der Waals surface area (Å²) in [6.45, 7) is 4.51. The van der Waals surface area contributed by atoms with Crippen molar-refractivity contribution in [3.8, 4) is 11.1 Å². The van der Waals surface area contributed by atoms with Crippen molar-refractivity contribution in [1.29, 1.82) is 0 Å². The smallest absolute Gasteiger partial charge is 0.344 e. The summed E-state index contributed by atoms with van der Waals surface area (Å²) in [6.07, 6.45) is 5.07. The van der Waals surface area contributed by atoms with E-state index in [0.29, 0.717) is 11.1 Å². The first-order valence-electron chi connectivity index (χ1n) is 9.47. The van der Waals surface area contributed by atoms with Crippen molar-refractivity contribution in [3.05, 3.63) is 65.0 Å². The molecule has 0 saturated heterocycles. The zero-order valence-electron chi connectivity index (χ0n) is 15.5. The molecule has 1 unspecified atom stereocenters. The molecule has 3 rings (SSSR count). The summed E-state index contributed by atoms with van der Waals surface area (Å²) >= 11 is 1.86. The first kappa shape index (κ1) is 18.8. The molecule has 2 aromatic carbocycles. The Labute approximate surface area is 159 Å². The number of hydrogen-bond donors (Lipinski definition) is 0. The third-order valence-electron chi connectivity index (χ3n) is 4.82. The van der Waals surface area contributed by atoms with Gasteiger partial charge in [-0.25, -0.2) is 4.79 Å². The summed E-state index contributed by atoms with van der Waals surface area (Å²) < 4.78 is 5.62. The average Bonchev–Trinajstić information content (AvgIpc) is 2.68. The van der Waals surface area contributed by atoms with E-state index >= 15 is 0 Å². The molecule has 3 aromatic rings. The Bertz CT molecular complexity index is 899. The van der Waals surface area contributed by atoms with Gasteiger partial charge < -0.3 is 4.42 Å². The summed E-state index contributed by atoms with van der Waals surface area (Å²) in [5.41, 5.74) is 1.90. The van der Waals surface area contributed by atoms with Crippen molar-refractivity contribution >= 4 is 22.7 Å². The van der Waals surface area contributed by atoms with Crippen LogP contribution >= 0.6 is 11.8 Å². The molecular formula is C23H26O2S. The van der Waals surface area contributed by atoms with Gasteiger partial charge in [-0.15, -0.1) is 11.8 Å². The topological polar surface area (TPSA) is 30.2 Å². The molecule has 0 fully saturated rings. The van der Waals surface area contributed by atoms with Crippen LogP contribution in [-0.2, 0) is 0 Å². The minimum atomic E-state index is -0.278. The first-order valence-corrected chi connectivity index (χ1v) is 10.5. The van der Waals surface area contributed by atoms with Gasteiger partial charge in [0.1, 0.15) is 5.58 Å². The van der Waals surface area contributed by atoms with Crippen molar-refractivity contribution in [1.82, 2.24) is 0 Å². The van der Waals surface area contributed by atoms with Gasteiger partial charge in [0.15, 0.2) is 0 Å². The van der Waals surface area contributed by atoms with E-state index in [0.717, 1.165) is 22.6 Å². The lowest BCUT2D eigenvalue weighted by Crippen LogP contribution is -2.03. The van der Waals surface area contributed by atoms with E-state index in [2.05, 4.69) is 26.0 Å². The van der Waals surface area contributed by atoms with Crippen molar-refractivity contribution in [2.75, 3.05) is 5.75 Å². The molecule has 0 spiro atoms. The van der Waals surface area contributed by atoms with Gasteiger partial charge in [-0.3, -0.25) is 0 Å². The molecule has 1 aromatic heterocycles. The fraction of sp³-hybridized carbons (Fsp3) is 0.348. The maximum Gasteiger partial charge on any atom is 0.344 e. The monoisotopic (exact) mass is 366 g/mol. The summed E-state index contributed by atoms with van der Waals surface area (Å²) in [4.78, 5) is 13.6. The maximum atomic E-state index is 12.4. The van der Waals surface area contributed by atoms with Crippen LogP contribution in [0.15, 0.2) is 68.7 Å². The zero-order valence-corrected chi connectivity index (χ0v) is 16.4. The Kier molecular flexibility index (Phi) is 6.56. The van der Waals surface area contributed by atoms with Gasteiger partial charge in [-0.2, -0.15) is 0 Å². The fourth-order valence-electron chi connectivity index (χ4n) is 3.11. The minimum absolute atomic E-state index is 0.278. The van der Waals surface area contributed by atoms with E-state index in [-0.39, 0.29) is 5.63 Å². The molecule has 1 heterocycles. The molecule has 0 aliphatic rings. The van der Waals surface area contributed by atoms with Crippen LogP contribution in [0.1, 0.15) is 39.5 Å². The molecule has 0 bridgehead atoms. The van der Waals surface area contributed by atoms with Crippen LogP contribution in [-0.4, -0.2) is 5.75 Å². The maximum absolute atomic E-state index is 12.4. The summed E-state index contributed by atoms with van der Waals surface area (Å²) in [5.74, 6) is 1.87. The Hall–Kier alpha value is -2.00. The molecule has 0 N–H and O–H groups in total. The molecule has 0 radical (unpaired) electrons. The van der Waals surface area contributed by atoms with Crippen molar-refractivity contribution < 1.29 is 4.42 Å². The average molecular weight is 367 g/mol. The van der Waals surface area contributed by atoms with Gasteiger partial charge in [-0.1, -0.05) is 69.5 Å². The van der Waals surface area contributed by atoms with Gasteiger partial charge in [0, 0.05) is 16.0 Å². The van der Waals surface area contributed by atoms with E-state index in [4.69, 9.17) is 4.42 Å². The van der Waals surface area contributed by atoms with Crippen LogP contribution < -0.4 is 5.63 Å². The third-order valence-corrected chi connectivity index (χ3v) is 6.05. The van der Waals surface area contributed by atoms with E-state index in [1.54, 1.807) is 0 Å². The highest BCUT2D eigenvalue weighted by molar-refractivity contribution is 7.99. The van der Waals surface area contributed by atoms with Crippen molar-refractivity contribution in [2.45, 2.75) is 44.4 Å². The second kappa shape index (κ2) is 9.09. The number of hydrogen-bond acceptors (Lipinski definition) is 3. The van der Waals surface area contributed by atoms with Crippen LogP contribution in [0.5, 0.6) is 0 Å².